The highest BCUT2D eigenvalue weighted by molar-refractivity contribution is 7.48. The van der Waals surface area contributed by atoms with Crippen LogP contribution in [-0.4, -0.2) is 218 Å². The summed E-state index contributed by atoms with van der Waals surface area (Å²) in [6, 6.07) is 0. The number of phosphoric ester groups is 4. The van der Waals surface area contributed by atoms with E-state index in [0.717, 1.165) is 0 Å². The Bertz CT molecular complexity index is 4150. The van der Waals surface area contributed by atoms with Crippen molar-refractivity contribution in [1.29, 1.82) is 0 Å². The molecule has 0 aliphatic carbocycles. The molecule has 8 aromatic rings. The monoisotopic (exact) mass is 1350 g/mol. The van der Waals surface area contributed by atoms with Crippen LogP contribution < -0.4 is 34.1 Å². The van der Waals surface area contributed by atoms with Crippen LogP contribution in [-0.2, 0) is 73.4 Å². The maximum Gasteiger partial charge on any atom is 0.472 e. The molecule has 0 amide bonds. The van der Waals surface area contributed by atoms with E-state index in [1.807, 2.05) is 0 Å². The smallest absolute Gasteiger partial charge is 0.386 e. The van der Waals surface area contributed by atoms with Crippen molar-refractivity contribution >= 4 is 99.5 Å². The molecule has 46 nitrogen and oxygen atoms in total. The van der Waals surface area contributed by atoms with Crippen molar-refractivity contribution in [2.24, 2.45) is 0 Å². The van der Waals surface area contributed by atoms with Crippen molar-refractivity contribution < 1.29 is 113 Å². The van der Waals surface area contributed by atoms with Gasteiger partial charge in [0.1, 0.15) is 96.9 Å². The van der Waals surface area contributed by atoms with E-state index in [2.05, 4.69) is 77.9 Å². The van der Waals surface area contributed by atoms with Crippen molar-refractivity contribution in [1.82, 2.24) is 78.1 Å². The molecule has 16 heterocycles. The Morgan fingerprint density at radius 2 is 0.678 bits per heavy atom. The predicted octanol–water partition coefficient (Wildman–Crippen LogP) is -4.68. The summed E-state index contributed by atoms with van der Waals surface area (Å²) in [5.41, 5.74) is 23.2. The Labute approximate surface area is 496 Å². The number of phosphoric acid groups is 4. The SMILES string of the molecule is Nc1nc2c(ncn2[C@@H]2O[C@@H]3COP(=O)(O)O[C@H]3[C@H]2O)c(=O)[nH]1.Nc1nc2c(ncn2[C@@H]2O[C@@H]3COP(=O)(O)O[C@H]3[C@H]2O)c(=O)[nH]1.Nc1ncnc2c1ncn2[C@@H]1O[C@@H]2COP(=O)(O)O[C@H]2[C@H]1O.Nc1ncnc2c1ncn2[C@@H]1O[C@@H]2COP(=O)(O)O[C@H]2[C@H]1O. The van der Waals surface area contributed by atoms with E-state index in [4.69, 9.17) is 60.0 Å². The second-order valence-electron chi connectivity index (χ2n) is 20.3. The molecule has 484 valence electrons. The van der Waals surface area contributed by atoms with E-state index in [-0.39, 0.29) is 72.3 Å². The number of anilines is 4. The first-order chi connectivity index (χ1) is 42.6. The average molecular weight is 1350 g/mol. The lowest BCUT2D eigenvalue weighted by Crippen LogP contribution is -2.39. The van der Waals surface area contributed by atoms with E-state index >= 15 is 0 Å². The van der Waals surface area contributed by atoms with Crippen LogP contribution in [0.4, 0.5) is 23.5 Å². The topological polar surface area (TPSA) is 659 Å². The minimum atomic E-state index is -4.22. The van der Waals surface area contributed by atoms with Crippen molar-refractivity contribution in [2.75, 3.05) is 49.4 Å². The number of aromatic nitrogens is 16. The zero-order valence-electron chi connectivity index (χ0n) is 44.8. The first kappa shape index (κ1) is 62.0. The molecule has 18 N–H and O–H groups in total. The molecule has 8 fully saturated rings. The zero-order chi connectivity index (χ0) is 63.7. The number of aliphatic hydroxyl groups excluding tert-OH is 4. The van der Waals surface area contributed by atoms with Gasteiger partial charge in [0.05, 0.1) is 51.7 Å². The second kappa shape index (κ2) is 23.0. The fraction of sp³-hybridized carbons (Fsp3) is 0.500. The Kier molecular flexibility index (Phi) is 15.9. The van der Waals surface area contributed by atoms with Crippen molar-refractivity contribution in [2.45, 2.75) is 98.2 Å². The van der Waals surface area contributed by atoms with Gasteiger partial charge < -0.3 is 81.9 Å². The van der Waals surface area contributed by atoms with Gasteiger partial charge in [0.15, 0.2) is 70.2 Å². The van der Waals surface area contributed by atoms with Gasteiger partial charge in [-0.2, -0.15) is 9.97 Å². The van der Waals surface area contributed by atoms with Crippen LogP contribution in [0.3, 0.4) is 0 Å². The molecule has 50 heteroatoms. The van der Waals surface area contributed by atoms with Crippen molar-refractivity contribution in [3.63, 3.8) is 0 Å². The number of hydrogen-bond acceptors (Lipinski definition) is 36. The Hall–Kier alpha value is -6.88. The van der Waals surface area contributed by atoms with Crippen LogP contribution in [0.15, 0.2) is 47.6 Å². The summed E-state index contributed by atoms with van der Waals surface area (Å²) in [5, 5.41) is 41.4. The van der Waals surface area contributed by atoms with Gasteiger partial charge in [-0.1, -0.05) is 0 Å². The number of fused-ring (bicyclic) bond motifs is 8. The zero-order valence-corrected chi connectivity index (χ0v) is 48.4. The number of rotatable bonds is 4. The first-order valence-electron chi connectivity index (χ1n) is 25.9. The Balaban J connectivity index is 0.000000110. The number of H-pyrrole nitrogens is 2. The molecule has 16 rings (SSSR count). The number of imidazole rings is 4. The molecular formula is C40H48N20O26P4. The molecule has 8 aromatic heterocycles. The number of hydrogen-bond donors (Lipinski definition) is 14. The van der Waals surface area contributed by atoms with Crippen molar-refractivity contribution in [3.8, 4) is 0 Å². The van der Waals surface area contributed by atoms with E-state index < -0.39 is 141 Å². The van der Waals surface area contributed by atoms with Crippen LogP contribution in [0.5, 0.6) is 0 Å². The predicted molar refractivity (Wildman–Crippen MR) is 287 cm³/mol. The standard InChI is InChI=1S/2C10H12N5O7P.2C10H12N5O6P/c2*11-10-13-7-4(8(17)14-10)12-2-15(7)9-5(16)6-3(21-9)1-20-23(18,19)22-6;2*11-8-5-9(13-2-12-8)15(3-14-5)10-6(16)7-4(20-10)1-19-22(17,18)21-7/h2*2-3,5-6,9,16H,1H2,(H,18,19)(H3,11,13,14,17);2*2-4,6-7,10,16H,1H2,(H,17,18)(H2,11,12,13)/t2*3-,5-,6-,9-;2*4-,6-,7-,10-/m1111/s1. The number of nitrogen functional groups attached to an aromatic ring is 4. The number of aliphatic hydroxyl groups is 4. The van der Waals surface area contributed by atoms with Gasteiger partial charge in [0.25, 0.3) is 11.1 Å². The minimum absolute atomic E-state index is 0.0230. The molecule has 8 aliphatic heterocycles. The van der Waals surface area contributed by atoms with Crippen LogP contribution in [0.25, 0.3) is 44.7 Å². The van der Waals surface area contributed by atoms with E-state index in [1.54, 1.807) is 0 Å². The quantitative estimate of drug-likeness (QED) is 0.0737. The molecule has 8 saturated heterocycles. The number of nitrogens with one attached hydrogen (secondary N) is 2. The number of ether oxygens (including phenoxy) is 4. The summed E-state index contributed by atoms with van der Waals surface area (Å²) in [7, 11) is -16.8. The largest absolute Gasteiger partial charge is 0.472 e. The maximum atomic E-state index is 11.8. The van der Waals surface area contributed by atoms with Crippen LogP contribution in [0, 0.1) is 0 Å². The van der Waals surface area contributed by atoms with E-state index in [9.17, 15) is 67.8 Å². The highest BCUT2D eigenvalue weighted by Crippen LogP contribution is 2.56. The third-order valence-electron chi connectivity index (χ3n) is 14.6. The van der Waals surface area contributed by atoms with E-state index in [0.29, 0.717) is 22.3 Å². The van der Waals surface area contributed by atoms with Crippen molar-refractivity contribution in [3.05, 3.63) is 58.7 Å². The summed E-state index contributed by atoms with van der Waals surface area (Å²) in [6.07, 6.45) is -7.84. The summed E-state index contributed by atoms with van der Waals surface area (Å²) in [6.45, 7) is -0.741. The summed E-state index contributed by atoms with van der Waals surface area (Å²) in [5.74, 6) is 0.170. The van der Waals surface area contributed by atoms with Gasteiger partial charge in [-0.05, 0) is 0 Å². The van der Waals surface area contributed by atoms with Crippen LogP contribution >= 0.6 is 31.3 Å². The van der Waals surface area contributed by atoms with Crippen LogP contribution in [0.2, 0.25) is 0 Å². The lowest BCUT2D eigenvalue weighted by atomic mass is 10.1. The normalized spacial score (nSPS) is 37.7. The lowest BCUT2D eigenvalue weighted by Gasteiger charge is -2.27. The second-order valence-corrected chi connectivity index (χ2v) is 25.9. The maximum absolute atomic E-state index is 11.8. The fourth-order valence-electron chi connectivity index (χ4n) is 10.6. The molecule has 0 bridgehead atoms. The lowest BCUT2D eigenvalue weighted by molar-refractivity contribution is -0.0665. The third kappa shape index (κ3) is 11.5. The van der Waals surface area contributed by atoms with Gasteiger partial charge in [0.2, 0.25) is 11.9 Å². The Morgan fingerprint density at radius 1 is 0.411 bits per heavy atom. The average Bonchev–Trinajstić information content (AvgIpc) is 1.65. The van der Waals surface area contributed by atoms with Gasteiger partial charge in [-0.25, -0.2) is 58.1 Å². The van der Waals surface area contributed by atoms with Gasteiger partial charge in [0, 0.05) is 0 Å². The van der Waals surface area contributed by atoms with E-state index in [1.165, 1.54) is 56.2 Å². The van der Waals surface area contributed by atoms with Gasteiger partial charge >= 0.3 is 31.3 Å². The Morgan fingerprint density at radius 3 is 0.967 bits per heavy atom. The van der Waals surface area contributed by atoms with Gasteiger partial charge in [-0.15, -0.1) is 0 Å². The summed E-state index contributed by atoms with van der Waals surface area (Å²) < 4.78 is 112. The molecule has 0 spiro atoms. The number of aromatic amines is 2. The molecule has 0 radical (unpaired) electrons. The number of nitrogens with zero attached hydrogens (tertiary/aromatic N) is 14. The minimum Gasteiger partial charge on any atom is -0.386 e. The molecule has 20 atom stereocenters. The molecule has 0 aromatic carbocycles. The summed E-state index contributed by atoms with van der Waals surface area (Å²) in [4.78, 5) is 105. The molecular weight excluding hydrogens is 1300 g/mol. The fourth-order valence-corrected chi connectivity index (χ4v) is 14.5. The summed E-state index contributed by atoms with van der Waals surface area (Å²) >= 11 is 0. The molecule has 90 heavy (non-hydrogen) atoms. The highest BCUT2D eigenvalue weighted by atomic mass is 31.2. The van der Waals surface area contributed by atoms with Crippen LogP contribution in [0.1, 0.15) is 24.9 Å². The third-order valence-corrected chi connectivity index (χ3v) is 18.6. The number of nitrogens with two attached hydrogens (primary N) is 4. The van der Waals surface area contributed by atoms with Gasteiger partial charge in [-0.3, -0.25) is 74.0 Å². The molecule has 8 aliphatic rings. The molecule has 4 unspecified atom stereocenters. The highest BCUT2D eigenvalue weighted by Gasteiger charge is 2.56. The molecule has 0 saturated carbocycles. The first-order valence-corrected chi connectivity index (χ1v) is 31.9.